The second-order valence-electron chi connectivity index (χ2n) is 4.85. The van der Waals surface area contributed by atoms with E-state index < -0.39 is 17.8 Å². The lowest BCUT2D eigenvalue weighted by Crippen LogP contribution is -2.31. The van der Waals surface area contributed by atoms with Gasteiger partial charge in [0.15, 0.2) is 0 Å². The van der Waals surface area contributed by atoms with E-state index in [9.17, 15) is 14.0 Å². The van der Waals surface area contributed by atoms with Crippen molar-refractivity contribution in [3.8, 4) is 0 Å². The lowest BCUT2D eigenvalue weighted by Gasteiger charge is -2.14. The van der Waals surface area contributed by atoms with Gasteiger partial charge >= 0.3 is 6.03 Å². The van der Waals surface area contributed by atoms with Gasteiger partial charge in [-0.05, 0) is 37.3 Å². The number of amides is 3. The van der Waals surface area contributed by atoms with Gasteiger partial charge in [0, 0.05) is 18.9 Å². The highest BCUT2D eigenvalue weighted by molar-refractivity contribution is 5.97. The van der Waals surface area contributed by atoms with Crippen molar-refractivity contribution in [3.63, 3.8) is 0 Å². The smallest absolute Gasteiger partial charge is 0.319 e. The second kappa shape index (κ2) is 7.35. The Balaban J connectivity index is 2.04. The fraction of sp³-hybridized carbons (Fsp3) is 0.188. The molecule has 1 unspecified atom stereocenters. The summed E-state index contributed by atoms with van der Waals surface area (Å²) in [6.45, 7) is 1.79. The van der Waals surface area contributed by atoms with Gasteiger partial charge < -0.3 is 16.0 Å². The van der Waals surface area contributed by atoms with Crippen LogP contribution in [0.25, 0.3) is 0 Å². The molecule has 0 spiro atoms. The third-order valence-corrected chi connectivity index (χ3v) is 3.17. The number of anilines is 1. The number of aromatic nitrogens is 1. The van der Waals surface area contributed by atoms with E-state index in [2.05, 4.69) is 20.9 Å². The summed E-state index contributed by atoms with van der Waals surface area (Å²) in [7, 11) is 1.41. The Kier molecular flexibility index (Phi) is 5.24. The number of halogens is 1. The zero-order valence-corrected chi connectivity index (χ0v) is 12.8. The largest absolute Gasteiger partial charge is 0.355 e. The van der Waals surface area contributed by atoms with Crippen LogP contribution in [0, 0.1) is 5.82 Å². The molecule has 120 valence electrons. The van der Waals surface area contributed by atoms with Crippen LogP contribution in [0.1, 0.15) is 29.0 Å². The van der Waals surface area contributed by atoms with Gasteiger partial charge in [0.05, 0.1) is 17.3 Å². The topological polar surface area (TPSA) is 83.1 Å². The van der Waals surface area contributed by atoms with Gasteiger partial charge in [0.1, 0.15) is 5.82 Å². The van der Waals surface area contributed by atoms with Crippen molar-refractivity contribution in [2.45, 2.75) is 13.0 Å². The van der Waals surface area contributed by atoms with Crippen LogP contribution in [0.5, 0.6) is 0 Å². The van der Waals surface area contributed by atoms with Crippen LogP contribution in [-0.4, -0.2) is 24.0 Å². The highest BCUT2D eigenvalue weighted by Gasteiger charge is 2.14. The van der Waals surface area contributed by atoms with Crippen LogP contribution in [0.4, 0.5) is 14.9 Å². The molecule has 0 saturated carbocycles. The van der Waals surface area contributed by atoms with Crippen molar-refractivity contribution in [1.82, 2.24) is 15.6 Å². The third-order valence-electron chi connectivity index (χ3n) is 3.17. The SMILES string of the molecule is CNC(=O)c1cc(NC(=O)NC(C)c2ccccn2)ccc1F. The molecule has 1 aromatic carbocycles. The number of hydrogen-bond acceptors (Lipinski definition) is 3. The van der Waals surface area contributed by atoms with Crippen LogP contribution in [-0.2, 0) is 0 Å². The molecule has 2 rings (SSSR count). The van der Waals surface area contributed by atoms with E-state index in [-0.39, 0.29) is 11.6 Å². The van der Waals surface area contributed by atoms with Gasteiger partial charge in [-0.25, -0.2) is 9.18 Å². The maximum atomic E-state index is 13.6. The van der Waals surface area contributed by atoms with E-state index in [4.69, 9.17) is 0 Å². The predicted octanol–water partition coefficient (Wildman–Crippen LogP) is 2.46. The number of nitrogens with one attached hydrogen (secondary N) is 3. The average Bonchev–Trinajstić information content (AvgIpc) is 2.56. The first-order chi connectivity index (χ1) is 11.0. The van der Waals surface area contributed by atoms with Crippen LogP contribution in [0.15, 0.2) is 42.6 Å². The Bertz CT molecular complexity index is 706. The van der Waals surface area contributed by atoms with Crippen molar-refractivity contribution in [2.75, 3.05) is 12.4 Å². The number of nitrogens with zero attached hydrogens (tertiary/aromatic N) is 1. The summed E-state index contributed by atoms with van der Waals surface area (Å²) in [5.41, 5.74) is 0.895. The molecule has 23 heavy (non-hydrogen) atoms. The van der Waals surface area contributed by atoms with Gasteiger partial charge in [0.2, 0.25) is 0 Å². The lowest BCUT2D eigenvalue weighted by molar-refractivity contribution is 0.0959. The van der Waals surface area contributed by atoms with E-state index >= 15 is 0 Å². The molecular weight excluding hydrogens is 299 g/mol. The molecule has 1 atom stereocenters. The molecule has 7 heteroatoms. The highest BCUT2D eigenvalue weighted by atomic mass is 19.1. The second-order valence-corrected chi connectivity index (χ2v) is 4.85. The maximum absolute atomic E-state index is 13.6. The fourth-order valence-corrected chi connectivity index (χ4v) is 1.98. The number of carbonyl (C=O) groups is 2. The van der Waals surface area contributed by atoms with Gasteiger partial charge in [-0.2, -0.15) is 0 Å². The molecule has 0 radical (unpaired) electrons. The molecule has 0 aliphatic carbocycles. The van der Waals surface area contributed by atoms with Gasteiger partial charge in [-0.3, -0.25) is 9.78 Å². The van der Waals surface area contributed by atoms with Crippen molar-refractivity contribution < 1.29 is 14.0 Å². The highest BCUT2D eigenvalue weighted by Crippen LogP contribution is 2.15. The number of benzene rings is 1. The number of carbonyl (C=O) groups excluding carboxylic acids is 2. The Morgan fingerprint density at radius 2 is 2.00 bits per heavy atom. The molecule has 0 aliphatic rings. The molecule has 0 fully saturated rings. The summed E-state index contributed by atoms with van der Waals surface area (Å²) in [6.07, 6.45) is 1.64. The van der Waals surface area contributed by atoms with Crippen molar-refractivity contribution >= 4 is 17.6 Å². The normalized spacial score (nSPS) is 11.4. The first-order valence-electron chi connectivity index (χ1n) is 7.01. The van der Waals surface area contributed by atoms with Crippen molar-refractivity contribution in [2.24, 2.45) is 0 Å². The Labute approximate surface area is 133 Å². The number of urea groups is 1. The summed E-state index contributed by atoms with van der Waals surface area (Å²) >= 11 is 0. The van der Waals surface area contributed by atoms with Crippen molar-refractivity contribution in [1.29, 1.82) is 0 Å². The summed E-state index contributed by atoms with van der Waals surface area (Å²) in [4.78, 5) is 27.7. The molecule has 0 aliphatic heterocycles. The van der Waals surface area contributed by atoms with E-state index in [1.165, 1.54) is 19.2 Å². The molecule has 3 N–H and O–H groups in total. The quantitative estimate of drug-likeness (QED) is 0.810. The number of hydrogen-bond donors (Lipinski definition) is 3. The molecule has 0 saturated heterocycles. The molecular formula is C16H17FN4O2. The minimum atomic E-state index is -0.655. The predicted molar refractivity (Wildman–Crippen MR) is 84.6 cm³/mol. The first kappa shape index (κ1) is 16.4. The van der Waals surface area contributed by atoms with Gasteiger partial charge in [0.25, 0.3) is 5.91 Å². The minimum absolute atomic E-state index is 0.136. The Morgan fingerprint density at radius 1 is 1.22 bits per heavy atom. The van der Waals surface area contributed by atoms with E-state index in [1.807, 2.05) is 6.07 Å². The number of rotatable bonds is 4. The Hall–Kier alpha value is -2.96. The average molecular weight is 316 g/mol. The van der Waals surface area contributed by atoms with Gasteiger partial charge in [-0.15, -0.1) is 0 Å². The zero-order valence-electron chi connectivity index (χ0n) is 12.8. The minimum Gasteiger partial charge on any atom is -0.355 e. The fourth-order valence-electron chi connectivity index (χ4n) is 1.98. The molecule has 1 heterocycles. The van der Waals surface area contributed by atoms with Crippen LogP contribution in [0.3, 0.4) is 0 Å². The summed E-state index contributed by atoms with van der Waals surface area (Å²) in [6, 6.07) is 8.43. The third kappa shape index (κ3) is 4.26. The lowest BCUT2D eigenvalue weighted by atomic mass is 10.1. The van der Waals surface area contributed by atoms with Crippen LogP contribution < -0.4 is 16.0 Å². The van der Waals surface area contributed by atoms with Crippen molar-refractivity contribution in [3.05, 3.63) is 59.7 Å². The maximum Gasteiger partial charge on any atom is 0.319 e. The van der Waals surface area contributed by atoms with E-state index in [0.717, 1.165) is 6.07 Å². The molecule has 1 aromatic heterocycles. The van der Waals surface area contributed by atoms with E-state index in [1.54, 1.807) is 25.3 Å². The first-order valence-corrected chi connectivity index (χ1v) is 7.01. The monoisotopic (exact) mass is 316 g/mol. The molecule has 2 aromatic rings. The summed E-state index contributed by atoms with van der Waals surface area (Å²) in [5.74, 6) is -1.22. The molecule has 0 bridgehead atoms. The molecule has 6 nitrogen and oxygen atoms in total. The zero-order chi connectivity index (χ0) is 16.8. The van der Waals surface area contributed by atoms with E-state index in [0.29, 0.717) is 11.4 Å². The van der Waals surface area contributed by atoms with Crippen LogP contribution >= 0.6 is 0 Å². The summed E-state index contributed by atoms with van der Waals surface area (Å²) < 4.78 is 13.6. The molecule has 3 amide bonds. The summed E-state index contributed by atoms with van der Waals surface area (Å²) in [5, 5.41) is 7.62. The number of pyridine rings is 1. The Morgan fingerprint density at radius 3 is 2.65 bits per heavy atom. The van der Waals surface area contributed by atoms with Gasteiger partial charge in [-0.1, -0.05) is 6.07 Å². The standard InChI is InChI=1S/C16H17FN4O2/c1-10(14-5-3-4-8-19-14)20-16(23)21-11-6-7-13(17)12(9-11)15(22)18-2/h3-10H,1-2H3,(H,18,22)(H2,20,21,23). The van der Waals surface area contributed by atoms with Crippen LogP contribution in [0.2, 0.25) is 0 Å².